The number of rotatable bonds is 1. The lowest BCUT2D eigenvalue weighted by Gasteiger charge is -2.23. The van der Waals surface area contributed by atoms with E-state index in [1.54, 1.807) is 0 Å². The molecular weight excluding hydrogens is 188 g/mol. The van der Waals surface area contributed by atoms with Crippen LogP contribution in [0.2, 0.25) is 0 Å². The highest BCUT2D eigenvalue weighted by Crippen LogP contribution is 2.41. The lowest BCUT2D eigenvalue weighted by molar-refractivity contribution is -0.0430. The van der Waals surface area contributed by atoms with Crippen molar-refractivity contribution in [3.8, 4) is 0 Å². The summed E-state index contributed by atoms with van der Waals surface area (Å²) in [6.45, 7) is 6.43. The van der Waals surface area contributed by atoms with E-state index in [-0.39, 0.29) is 5.41 Å². The molecule has 2 heteroatoms. The van der Waals surface area contributed by atoms with E-state index in [9.17, 15) is 10.2 Å². The van der Waals surface area contributed by atoms with Gasteiger partial charge in [0.15, 0.2) is 6.29 Å². The van der Waals surface area contributed by atoms with E-state index in [1.165, 1.54) is 11.1 Å². The van der Waals surface area contributed by atoms with Crippen LogP contribution >= 0.6 is 0 Å². The fourth-order valence-corrected chi connectivity index (χ4v) is 2.79. The second-order valence-corrected chi connectivity index (χ2v) is 5.07. The molecule has 0 amide bonds. The zero-order valence-corrected chi connectivity index (χ0v) is 9.54. The van der Waals surface area contributed by atoms with Crippen molar-refractivity contribution in [2.75, 3.05) is 0 Å². The number of fused-ring (bicyclic) bond motifs is 1. The van der Waals surface area contributed by atoms with Crippen molar-refractivity contribution < 1.29 is 10.2 Å². The van der Waals surface area contributed by atoms with E-state index in [0.29, 0.717) is 5.56 Å². The fraction of sp³-hybridized carbons (Fsp3) is 0.538. The van der Waals surface area contributed by atoms with Crippen LogP contribution < -0.4 is 0 Å². The number of aliphatic hydroxyl groups is 2. The van der Waals surface area contributed by atoms with Gasteiger partial charge in [-0.05, 0) is 41.9 Å². The topological polar surface area (TPSA) is 40.5 Å². The van der Waals surface area contributed by atoms with Gasteiger partial charge in [0.1, 0.15) is 0 Å². The first-order valence-corrected chi connectivity index (χ1v) is 5.42. The van der Waals surface area contributed by atoms with Crippen LogP contribution in [-0.2, 0) is 11.8 Å². The number of aliphatic hydroxyl groups excluding tert-OH is 1. The van der Waals surface area contributed by atoms with Crippen molar-refractivity contribution in [2.45, 2.75) is 45.3 Å². The van der Waals surface area contributed by atoms with Gasteiger partial charge in [-0.25, -0.2) is 0 Å². The average Bonchev–Trinajstić information content (AvgIpc) is 2.42. The molecule has 1 aliphatic rings. The summed E-state index contributed by atoms with van der Waals surface area (Å²) < 4.78 is 0. The summed E-state index contributed by atoms with van der Waals surface area (Å²) in [6, 6.07) is 3.87. The maximum atomic E-state index is 9.26. The van der Waals surface area contributed by atoms with Gasteiger partial charge in [-0.3, -0.25) is 0 Å². The summed E-state index contributed by atoms with van der Waals surface area (Å²) in [7, 11) is 0. The normalized spacial score (nSPS) is 18.3. The molecule has 0 atom stereocenters. The van der Waals surface area contributed by atoms with Crippen molar-refractivity contribution in [1.29, 1.82) is 0 Å². The second kappa shape index (κ2) is 3.32. The molecule has 1 aromatic carbocycles. The van der Waals surface area contributed by atoms with Gasteiger partial charge in [0.05, 0.1) is 0 Å². The first-order chi connectivity index (χ1) is 6.93. The third kappa shape index (κ3) is 1.58. The highest BCUT2D eigenvalue weighted by atomic mass is 16.5. The lowest BCUT2D eigenvalue weighted by Crippen LogP contribution is -2.15. The van der Waals surface area contributed by atoms with Crippen LogP contribution in [0.4, 0.5) is 0 Å². The lowest BCUT2D eigenvalue weighted by atomic mass is 9.82. The van der Waals surface area contributed by atoms with Crippen LogP contribution in [0.1, 0.15) is 48.8 Å². The predicted octanol–water partition coefficient (Wildman–Crippen LogP) is 2.20. The van der Waals surface area contributed by atoms with Gasteiger partial charge in [-0.1, -0.05) is 26.0 Å². The summed E-state index contributed by atoms with van der Waals surface area (Å²) in [5.74, 6) is 0. The van der Waals surface area contributed by atoms with E-state index < -0.39 is 6.29 Å². The Hall–Kier alpha value is -0.860. The minimum Gasteiger partial charge on any atom is -0.364 e. The molecule has 0 aliphatic heterocycles. The third-order valence-electron chi connectivity index (χ3n) is 3.57. The largest absolute Gasteiger partial charge is 0.364 e. The molecule has 0 aromatic heterocycles. The van der Waals surface area contributed by atoms with E-state index in [4.69, 9.17) is 0 Å². The van der Waals surface area contributed by atoms with Gasteiger partial charge >= 0.3 is 0 Å². The summed E-state index contributed by atoms with van der Waals surface area (Å²) in [5.41, 5.74) is 4.54. The second-order valence-electron chi connectivity index (χ2n) is 5.07. The van der Waals surface area contributed by atoms with Crippen LogP contribution in [0, 0.1) is 6.92 Å². The Balaban J connectivity index is 2.62. The zero-order chi connectivity index (χ0) is 11.2. The van der Waals surface area contributed by atoms with Gasteiger partial charge in [0.2, 0.25) is 0 Å². The fourth-order valence-electron chi connectivity index (χ4n) is 2.79. The maximum Gasteiger partial charge on any atom is 0.178 e. The molecule has 2 nitrogen and oxygen atoms in total. The Labute approximate surface area is 90.6 Å². The Bertz CT molecular complexity index is 392. The Morgan fingerprint density at radius 1 is 1.27 bits per heavy atom. The molecule has 0 saturated heterocycles. The third-order valence-corrected chi connectivity index (χ3v) is 3.57. The van der Waals surface area contributed by atoms with Crippen LogP contribution in [0.5, 0.6) is 0 Å². The van der Waals surface area contributed by atoms with E-state index >= 15 is 0 Å². The summed E-state index contributed by atoms with van der Waals surface area (Å²) in [6.07, 6.45) is 0.894. The monoisotopic (exact) mass is 206 g/mol. The van der Waals surface area contributed by atoms with Gasteiger partial charge in [-0.15, -0.1) is 0 Å². The highest BCUT2D eigenvalue weighted by Gasteiger charge is 2.32. The molecule has 1 aromatic rings. The summed E-state index contributed by atoms with van der Waals surface area (Å²) in [4.78, 5) is 0. The number of hydrogen-bond donors (Lipinski definition) is 2. The smallest absolute Gasteiger partial charge is 0.178 e. The first-order valence-electron chi connectivity index (χ1n) is 5.42. The molecular formula is C13H18O2. The van der Waals surface area contributed by atoms with Crippen molar-refractivity contribution in [3.63, 3.8) is 0 Å². The highest BCUT2D eigenvalue weighted by molar-refractivity contribution is 5.48. The zero-order valence-electron chi connectivity index (χ0n) is 9.54. The van der Waals surface area contributed by atoms with E-state index in [0.717, 1.165) is 18.4 Å². The summed E-state index contributed by atoms with van der Waals surface area (Å²) in [5, 5.41) is 18.5. The maximum absolute atomic E-state index is 9.26. The van der Waals surface area contributed by atoms with Gasteiger partial charge < -0.3 is 10.2 Å². The number of aryl methyl sites for hydroxylation is 1. The van der Waals surface area contributed by atoms with Gasteiger partial charge in [0.25, 0.3) is 0 Å². The van der Waals surface area contributed by atoms with Crippen LogP contribution in [0.3, 0.4) is 0 Å². The molecule has 2 N–H and O–H groups in total. The van der Waals surface area contributed by atoms with Crippen molar-refractivity contribution in [1.82, 2.24) is 0 Å². The minimum atomic E-state index is -1.35. The molecule has 82 valence electrons. The van der Waals surface area contributed by atoms with E-state index in [1.807, 2.05) is 19.1 Å². The SMILES string of the molecule is Cc1c(C(O)O)ccc2c1C(C)(C)CC2. The molecule has 0 unspecified atom stereocenters. The Morgan fingerprint density at radius 3 is 2.53 bits per heavy atom. The molecule has 0 radical (unpaired) electrons. The van der Waals surface area contributed by atoms with Gasteiger partial charge in [0, 0.05) is 5.56 Å². The summed E-state index contributed by atoms with van der Waals surface area (Å²) >= 11 is 0. The molecule has 1 aliphatic carbocycles. The van der Waals surface area contributed by atoms with Crippen LogP contribution in [-0.4, -0.2) is 10.2 Å². The molecule has 15 heavy (non-hydrogen) atoms. The van der Waals surface area contributed by atoms with Crippen LogP contribution in [0.15, 0.2) is 12.1 Å². The minimum absolute atomic E-state index is 0.171. The average molecular weight is 206 g/mol. The van der Waals surface area contributed by atoms with Gasteiger partial charge in [-0.2, -0.15) is 0 Å². The van der Waals surface area contributed by atoms with Crippen molar-refractivity contribution in [2.24, 2.45) is 0 Å². The number of benzene rings is 1. The van der Waals surface area contributed by atoms with Crippen LogP contribution in [0.25, 0.3) is 0 Å². The molecule has 0 fully saturated rings. The van der Waals surface area contributed by atoms with Crippen molar-refractivity contribution in [3.05, 3.63) is 34.4 Å². The Kier molecular flexibility index (Phi) is 2.36. The Morgan fingerprint density at radius 2 is 1.93 bits per heavy atom. The molecule has 0 saturated carbocycles. The quantitative estimate of drug-likeness (QED) is 0.691. The predicted molar refractivity (Wildman–Crippen MR) is 59.7 cm³/mol. The molecule has 0 spiro atoms. The van der Waals surface area contributed by atoms with Crippen molar-refractivity contribution >= 4 is 0 Å². The first kappa shape index (κ1) is 10.7. The molecule has 0 heterocycles. The number of hydrogen-bond acceptors (Lipinski definition) is 2. The molecule has 0 bridgehead atoms. The van der Waals surface area contributed by atoms with E-state index in [2.05, 4.69) is 13.8 Å². The standard InChI is InChI=1S/C13H18O2/c1-8-10(12(14)15)5-4-9-6-7-13(2,3)11(8)9/h4-5,12,14-15H,6-7H2,1-3H3. The molecule has 2 rings (SSSR count).